The van der Waals surface area contributed by atoms with Crippen molar-refractivity contribution in [3.8, 4) is 0 Å². The van der Waals surface area contributed by atoms with Crippen molar-refractivity contribution >= 4 is 34.5 Å². The molecule has 0 bridgehead atoms. The molecule has 0 spiro atoms. The summed E-state index contributed by atoms with van der Waals surface area (Å²) in [6.07, 6.45) is 1.55. The molecule has 1 fully saturated rings. The number of hydrogen-bond acceptors (Lipinski definition) is 7. The highest BCUT2D eigenvalue weighted by Gasteiger charge is 2.27. The van der Waals surface area contributed by atoms with Gasteiger partial charge in [-0.2, -0.15) is 0 Å². The van der Waals surface area contributed by atoms with E-state index in [1.54, 1.807) is 51.7 Å². The van der Waals surface area contributed by atoms with Crippen LogP contribution in [0.3, 0.4) is 0 Å². The molecule has 10 heteroatoms. The SMILES string of the molecule is CC(=O)N1CCN(c2ccc(C(=O)N(Cc3ccco3)Cc3cccs3)cc2[N+](=O)[O-])CC1. The molecule has 1 saturated heterocycles. The van der Waals surface area contributed by atoms with Gasteiger partial charge in [0.15, 0.2) is 0 Å². The van der Waals surface area contributed by atoms with Crippen molar-refractivity contribution in [2.75, 3.05) is 31.1 Å². The first-order valence-electron chi connectivity index (χ1n) is 10.6. The summed E-state index contributed by atoms with van der Waals surface area (Å²) in [5, 5.41) is 13.8. The van der Waals surface area contributed by atoms with Crippen LogP contribution in [0.1, 0.15) is 27.9 Å². The topological polar surface area (TPSA) is 100 Å². The van der Waals surface area contributed by atoms with E-state index < -0.39 is 4.92 Å². The van der Waals surface area contributed by atoms with E-state index in [2.05, 4.69) is 0 Å². The van der Waals surface area contributed by atoms with Crippen LogP contribution in [-0.4, -0.2) is 52.7 Å². The number of hydrogen-bond donors (Lipinski definition) is 0. The summed E-state index contributed by atoms with van der Waals surface area (Å²) in [4.78, 5) is 42.6. The van der Waals surface area contributed by atoms with Gasteiger partial charge in [0.2, 0.25) is 5.91 Å². The minimum absolute atomic E-state index is 0.00696. The largest absolute Gasteiger partial charge is 0.467 e. The van der Waals surface area contributed by atoms with Gasteiger partial charge in [-0.1, -0.05) is 6.07 Å². The Bertz CT molecular complexity index is 1090. The summed E-state index contributed by atoms with van der Waals surface area (Å²) in [6, 6.07) is 12.0. The Balaban J connectivity index is 1.58. The Hall–Kier alpha value is -3.66. The second-order valence-electron chi connectivity index (χ2n) is 7.77. The molecule has 3 aromatic rings. The zero-order valence-electron chi connectivity index (χ0n) is 18.2. The molecule has 3 heterocycles. The molecule has 33 heavy (non-hydrogen) atoms. The number of nitro benzene ring substituents is 1. The normalized spacial score (nSPS) is 13.7. The van der Waals surface area contributed by atoms with E-state index in [1.807, 2.05) is 22.4 Å². The van der Waals surface area contributed by atoms with Crippen LogP contribution in [0.4, 0.5) is 11.4 Å². The van der Waals surface area contributed by atoms with Gasteiger partial charge in [0.1, 0.15) is 11.4 Å². The molecule has 2 aromatic heterocycles. The van der Waals surface area contributed by atoms with Crippen LogP contribution in [0, 0.1) is 10.1 Å². The molecule has 2 amide bonds. The molecule has 1 aromatic carbocycles. The number of furan rings is 1. The number of anilines is 1. The molecule has 0 saturated carbocycles. The number of nitrogens with zero attached hydrogens (tertiary/aromatic N) is 4. The van der Waals surface area contributed by atoms with Crippen LogP contribution >= 0.6 is 11.3 Å². The molecule has 9 nitrogen and oxygen atoms in total. The Morgan fingerprint density at radius 2 is 1.91 bits per heavy atom. The average molecular weight is 469 g/mol. The third-order valence-corrected chi connectivity index (χ3v) is 6.49. The van der Waals surface area contributed by atoms with Crippen molar-refractivity contribution in [2.45, 2.75) is 20.0 Å². The predicted octanol–water partition coefficient (Wildman–Crippen LogP) is 3.76. The van der Waals surface area contributed by atoms with Gasteiger partial charge in [-0.25, -0.2) is 0 Å². The molecule has 0 unspecified atom stereocenters. The van der Waals surface area contributed by atoms with E-state index in [0.29, 0.717) is 44.2 Å². The highest BCUT2D eigenvalue weighted by Crippen LogP contribution is 2.31. The maximum Gasteiger partial charge on any atom is 0.293 e. The monoisotopic (exact) mass is 468 g/mol. The summed E-state index contributed by atoms with van der Waals surface area (Å²) >= 11 is 1.54. The number of carbonyl (C=O) groups excluding carboxylic acids is 2. The quantitative estimate of drug-likeness (QED) is 0.387. The Kier molecular flexibility index (Phi) is 6.74. The third-order valence-electron chi connectivity index (χ3n) is 5.63. The standard InChI is InChI=1S/C23H24N4O5S/c1-17(28)24-8-10-25(11-9-24)21-7-6-18(14-22(21)27(30)31)23(29)26(15-19-4-2-12-32-19)16-20-5-3-13-33-20/h2-7,12-14H,8-11,15-16H2,1H3. The van der Waals surface area contributed by atoms with Crippen molar-refractivity contribution in [1.82, 2.24) is 9.80 Å². The Morgan fingerprint density at radius 3 is 2.52 bits per heavy atom. The number of piperazine rings is 1. The van der Waals surface area contributed by atoms with Crippen LogP contribution in [0.15, 0.2) is 58.5 Å². The fourth-order valence-electron chi connectivity index (χ4n) is 3.90. The third kappa shape index (κ3) is 5.23. The number of nitro groups is 1. The fourth-order valence-corrected chi connectivity index (χ4v) is 4.62. The number of amides is 2. The summed E-state index contributed by atoms with van der Waals surface area (Å²) in [5.74, 6) is 0.317. The molecule has 4 rings (SSSR count). The smallest absolute Gasteiger partial charge is 0.293 e. The first-order valence-corrected chi connectivity index (χ1v) is 11.4. The van der Waals surface area contributed by atoms with Gasteiger partial charge in [-0.15, -0.1) is 11.3 Å². The molecule has 172 valence electrons. The number of rotatable bonds is 7. The van der Waals surface area contributed by atoms with E-state index in [1.165, 1.54) is 13.0 Å². The van der Waals surface area contributed by atoms with E-state index in [9.17, 15) is 19.7 Å². The van der Waals surface area contributed by atoms with Gasteiger partial charge < -0.3 is 19.1 Å². The number of benzene rings is 1. The Labute approximate surface area is 195 Å². The van der Waals surface area contributed by atoms with Gasteiger partial charge in [-0.3, -0.25) is 19.7 Å². The van der Waals surface area contributed by atoms with Gasteiger partial charge in [0.05, 0.1) is 24.3 Å². The molecular formula is C23H24N4O5S. The maximum absolute atomic E-state index is 13.4. The highest BCUT2D eigenvalue weighted by atomic mass is 32.1. The van der Waals surface area contributed by atoms with Crippen LogP contribution in [-0.2, 0) is 17.9 Å². The summed E-state index contributed by atoms with van der Waals surface area (Å²) < 4.78 is 5.42. The maximum atomic E-state index is 13.4. The molecule has 0 atom stereocenters. The van der Waals surface area contributed by atoms with Crippen LogP contribution in [0.25, 0.3) is 0 Å². The minimum atomic E-state index is -0.459. The zero-order chi connectivity index (χ0) is 23.4. The van der Waals surface area contributed by atoms with Crippen molar-refractivity contribution in [1.29, 1.82) is 0 Å². The second-order valence-corrected chi connectivity index (χ2v) is 8.81. The lowest BCUT2D eigenvalue weighted by Crippen LogP contribution is -2.48. The van der Waals surface area contributed by atoms with Gasteiger partial charge in [0.25, 0.3) is 11.6 Å². The summed E-state index contributed by atoms with van der Waals surface area (Å²) in [7, 11) is 0. The minimum Gasteiger partial charge on any atom is -0.467 e. The van der Waals surface area contributed by atoms with Crippen LogP contribution in [0.2, 0.25) is 0 Å². The van der Waals surface area contributed by atoms with Crippen molar-refractivity contribution < 1.29 is 18.9 Å². The summed E-state index contributed by atoms with van der Waals surface area (Å²) in [6.45, 7) is 4.15. The van der Waals surface area contributed by atoms with E-state index in [-0.39, 0.29) is 29.6 Å². The molecule has 1 aliphatic rings. The van der Waals surface area contributed by atoms with E-state index >= 15 is 0 Å². The molecule has 0 aliphatic carbocycles. The number of thiophene rings is 1. The lowest BCUT2D eigenvalue weighted by atomic mass is 10.1. The zero-order valence-corrected chi connectivity index (χ0v) is 19.0. The molecule has 0 N–H and O–H groups in total. The summed E-state index contributed by atoms with van der Waals surface area (Å²) in [5.41, 5.74) is 0.581. The highest BCUT2D eigenvalue weighted by molar-refractivity contribution is 7.09. The van der Waals surface area contributed by atoms with Gasteiger partial charge >= 0.3 is 0 Å². The van der Waals surface area contributed by atoms with Crippen molar-refractivity contribution in [2.24, 2.45) is 0 Å². The lowest BCUT2D eigenvalue weighted by Gasteiger charge is -2.35. The molecule has 0 radical (unpaired) electrons. The van der Waals surface area contributed by atoms with Crippen molar-refractivity contribution in [3.63, 3.8) is 0 Å². The first kappa shape index (κ1) is 22.5. The van der Waals surface area contributed by atoms with Crippen molar-refractivity contribution in [3.05, 3.63) is 80.4 Å². The lowest BCUT2D eigenvalue weighted by molar-refractivity contribution is -0.384. The second kappa shape index (κ2) is 9.86. The van der Waals surface area contributed by atoms with Crippen LogP contribution in [0.5, 0.6) is 0 Å². The van der Waals surface area contributed by atoms with E-state index in [4.69, 9.17) is 4.42 Å². The number of carbonyl (C=O) groups is 2. The predicted molar refractivity (Wildman–Crippen MR) is 124 cm³/mol. The fraction of sp³-hybridized carbons (Fsp3) is 0.304. The first-order chi connectivity index (χ1) is 15.9. The average Bonchev–Trinajstić information content (AvgIpc) is 3.52. The molecule has 1 aliphatic heterocycles. The molecular weight excluding hydrogens is 444 g/mol. The van der Waals surface area contributed by atoms with Gasteiger partial charge in [-0.05, 0) is 35.7 Å². The van der Waals surface area contributed by atoms with Gasteiger partial charge in [0, 0.05) is 49.6 Å². The Morgan fingerprint density at radius 1 is 1.12 bits per heavy atom. The van der Waals surface area contributed by atoms with E-state index in [0.717, 1.165) is 4.88 Å². The van der Waals surface area contributed by atoms with Crippen LogP contribution < -0.4 is 4.90 Å².